The van der Waals surface area contributed by atoms with E-state index in [1.165, 1.54) is 10.4 Å². The summed E-state index contributed by atoms with van der Waals surface area (Å²) in [6, 6.07) is 11.4. The molecule has 0 aromatic heterocycles. The van der Waals surface area contributed by atoms with E-state index in [2.05, 4.69) is 0 Å². The van der Waals surface area contributed by atoms with Crippen LogP contribution in [-0.2, 0) is 16.4 Å². The molecule has 0 bridgehead atoms. The Hall–Kier alpha value is -1.88. The topological polar surface area (TPSA) is 37.4 Å². The minimum Gasteiger partial charge on any atom is -0.263 e. The lowest BCUT2D eigenvalue weighted by atomic mass is 10.2. The third kappa shape index (κ3) is 1.89. The molecule has 1 heterocycles. The Kier molecular flexibility index (Phi) is 3.01. The summed E-state index contributed by atoms with van der Waals surface area (Å²) in [5.41, 5.74) is 1.59. The van der Waals surface area contributed by atoms with Crippen molar-refractivity contribution < 1.29 is 12.8 Å². The molecule has 20 heavy (non-hydrogen) atoms. The minimum absolute atomic E-state index is 0.191. The highest BCUT2D eigenvalue weighted by molar-refractivity contribution is 7.93. The lowest BCUT2D eigenvalue weighted by molar-refractivity contribution is 0.587. The summed E-state index contributed by atoms with van der Waals surface area (Å²) in [4.78, 5) is 0.233. The SMILES string of the molecule is Cc1ccccc1S(=O)(=O)N1CCc2cccc(F)c21. The Morgan fingerprint density at radius 3 is 2.60 bits per heavy atom. The number of hydrogen-bond acceptors (Lipinski definition) is 2. The van der Waals surface area contributed by atoms with Crippen LogP contribution in [0.1, 0.15) is 11.1 Å². The number of nitrogens with zero attached hydrogens (tertiary/aromatic N) is 1. The van der Waals surface area contributed by atoms with Gasteiger partial charge in [-0.2, -0.15) is 0 Å². The second-order valence-corrected chi connectivity index (χ2v) is 6.67. The second-order valence-electron chi connectivity index (χ2n) is 4.84. The lowest BCUT2D eigenvalue weighted by Gasteiger charge is -2.21. The zero-order chi connectivity index (χ0) is 14.3. The van der Waals surface area contributed by atoms with Crippen molar-refractivity contribution >= 4 is 15.7 Å². The predicted molar refractivity (Wildman–Crippen MR) is 75.8 cm³/mol. The normalized spacial score (nSPS) is 14.4. The van der Waals surface area contributed by atoms with Crippen LogP contribution in [0, 0.1) is 12.7 Å². The molecular weight excluding hydrogens is 277 g/mol. The molecule has 0 spiro atoms. The molecule has 0 aliphatic carbocycles. The average molecular weight is 291 g/mol. The van der Waals surface area contributed by atoms with Gasteiger partial charge < -0.3 is 0 Å². The molecule has 3 rings (SSSR count). The van der Waals surface area contributed by atoms with Gasteiger partial charge in [0.05, 0.1) is 10.6 Å². The summed E-state index contributed by atoms with van der Waals surface area (Å²) in [7, 11) is -3.71. The Labute approximate surface area is 117 Å². The van der Waals surface area contributed by atoms with E-state index < -0.39 is 15.8 Å². The Bertz CT molecular complexity index is 771. The molecule has 0 radical (unpaired) electrons. The van der Waals surface area contributed by atoms with E-state index in [9.17, 15) is 12.8 Å². The van der Waals surface area contributed by atoms with Crippen molar-refractivity contribution in [2.45, 2.75) is 18.2 Å². The monoisotopic (exact) mass is 291 g/mol. The van der Waals surface area contributed by atoms with Gasteiger partial charge in [0.2, 0.25) is 0 Å². The maximum Gasteiger partial charge on any atom is 0.264 e. The van der Waals surface area contributed by atoms with Crippen LogP contribution in [0.4, 0.5) is 10.1 Å². The molecule has 2 aromatic rings. The molecule has 0 saturated heterocycles. The van der Waals surface area contributed by atoms with Crippen LogP contribution in [0.5, 0.6) is 0 Å². The second kappa shape index (κ2) is 4.59. The van der Waals surface area contributed by atoms with Crippen LogP contribution in [0.3, 0.4) is 0 Å². The third-order valence-electron chi connectivity index (χ3n) is 3.57. The van der Waals surface area contributed by atoms with Gasteiger partial charge in [-0.3, -0.25) is 4.31 Å². The first-order valence-corrected chi connectivity index (χ1v) is 7.81. The summed E-state index contributed by atoms with van der Waals surface area (Å²) in [6.07, 6.45) is 0.540. The molecule has 1 aliphatic heterocycles. The zero-order valence-corrected chi connectivity index (χ0v) is 11.8. The van der Waals surface area contributed by atoms with E-state index in [-0.39, 0.29) is 17.1 Å². The molecule has 0 fully saturated rings. The summed E-state index contributed by atoms with van der Waals surface area (Å²) < 4.78 is 40.6. The Morgan fingerprint density at radius 1 is 1.10 bits per heavy atom. The number of fused-ring (bicyclic) bond motifs is 1. The van der Waals surface area contributed by atoms with E-state index in [1.807, 2.05) is 0 Å². The summed E-state index contributed by atoms with van der Waals surface area (Å²) in [5, 5.41) is 0. The third-order valence-corrected chi connectivity index (χ3v) is 5.52. The van der Waals surface area contributed by atoms with Gasteiger partial charge >= 0.3 is 0 Å². The Balaban J connectivity index is 2.15. The molecule has 104 valence electrons. The number of para-hydroxylation sites is 1. The number of anilines is 1. The molecule has 0 N–H and O–H groups in total. The van der Waals surface area contributed by atoms with Crippen LogP contribution >= 0.6 is 0 Å². The number of hydrogen-bond donors (Lipinski definition) is 0. The molecule has 0 saturated carbocycles. The first kappa shape index (κ1) is 13.1. The van der Waals surface area contributed by atoms with Gasteiger partial charge in [0, 0.05) is 6.54 Å². The number of benzene rings is 2. The van der Waals surface area contributed by atoms with Crippen LogP contribution in [0.25, 0.3) is 0 Å². The summed E-state index contributed by atoms with van der Waals surface area (Å²) >= 11 is 0. The molecule has 0 atom stereocenters. The fraction of sp³-hybridized carbons (Fsp3) is 0.200. The molecule has 2 aromatic carbocycles. The van der Waals surface area contributed by atoms with E-state index in [4.69, 9.17) is 0 Å². The number of rotatable bonds is 2. The largest absolute Gasteiger partial charge is 0.264 e. The van der Waals surface area contributed by atoms with E-state index in [0.29, 0.717) is 12.0 Å². The van der Waals surface area contributed by atoms with Gasteiger partial charge in [-0.15, -0.1) is 0 Å². The van der Waals surface area contributed by atoms with E-state index in [0.717, 1.165) is 5.56 Å². The van der Waals surface area contributed by atoms with Crippen LogP contribution in [-0.4, -0.2) is 15.0 Å². The van der Waals surface area contributed by atoms with Gasteiger partial charge in [-0.05, 0) is 36.6 Å². The highest BCUT2D eigenvalue weighted by Crippen LogP contribution is 2.35. The molecular formula is C15H14FNO2S. The molecule has 5 heteroatoms. The van der Waals surface area contributed by atoms with Crippen molar-refractivity contribution in [1.82, 2.24) is 0 Å². The number of halogens is 1. The average Bonchev–Trinajstić information content (AvgIpc) is 2.85. The number of aryl methyl sites for hydroxylation is 1. The summed E-state index contributed by atoms with van der Waals surface area (Å²) in [5.74, 6) is -0.489. The van der Waals surface area contributed by atoms with Crippen molar-refractivity contribution in [2.24, 2.45) is 0 Å². The fourth-order valence-electron chi connectivity index (χ4n) is 2.58. The van der Waals surface area contributed by atoms with Gasteiger partial charge in [0.15, 0.2) is 0 Å². The zero-order valence-electron chi connectivity index (χ0n) is 11.0. The van der Waals surface area contributed by atoms with Crippen molar-refractivity contribution in [3.05, 3.63) is 59.4 Å². The minimum atomic E-state index is -3.71. The smallest absolute Gasteiger partial charge is 0.263 e. The predicted octanol–water partition coefficient (Wildman–Crippen LogP) is 2.89. The quantitative estimate of drug-likeness (QED) is 0.853. The maximum absolute atomic E-state index is 14.0. The fourth-order valence-corrected chi connectivity index (χ4v) is 4.32. The highest BCUT2D eigenvalue weighted by atomic mass is 32.2. The van der Waals surface area contributed by atoms with E-state index >= 15 is 0 Å². The van der Waals surface area contributed by atoms with Crippen LogP contribution in [0.15, 0.2) is 47.4 Å². The van der Waals surface area contributed by atoms with Crippen molar-refractivity contribution in [2.75, 3.05) is 10.8 Å². The standard InChI is InChI=1S/C15H14FNO2S/c1-11-5-2-3-8-14(11)20(18,19)17-10-9-12-6-4-7-13(16)15(12)17/h2-8H,9-10H2,1H3. The van der Waals surface area contributed by atoms with Gasteiger partial charge in [-0.1, -0.05) is 30.3 Å². The maximum atomic E-state index is 14.0. The van der Waals surface area contributed by atoms with Gasteiger partial charge in [-0.25, -0.2) is 12.8 Å². The van der Waals surface area contributed by atoms with Crippen LogP contribution < -0.4 is 4.31 Å². The molecule has 3 nitrogen and oxygen atoms in total. The first-order chi connectivity index (χ1) is 9.51. The Morgan fingerprint density at radius 2 is 1.85 bits per heavy atom. The van der Waals surface area contributed by atoms with Crippen LogP contribution in [0.2, 0.25) is 0 Å². The number of sulfonamides is 1. The summed E-state index contributed by atoms with van der Waals surface area (Å²) in [6.45, 7) is 2.03. The molecule has 0 unspecified atom stereocenters. The van der Waals surface area contributed by atoms with Crippen molar-refractivity contribution in [3.8, 4) is 0 Å². The van der Waals surface area contributed by atoms with Crippen molar-refractivity contribution in [1.29, 1.82) is 0 Å². The van der Waals surface area contributed by atoms with Gasteiger partial charge in [0.1, 0.15) is 5.82 Å². The highest BCUT2D eigenvalue weighted by Gasteiger charge is 2.33. The van der Waals surface area contributed by atoms with E-state index in [1.54, 1.807) is 43.3 Å². The van der Waals surface area contributed by atoms with Gasteiger partial charge in [0.25, 0.3) is 10.0 Å². The van der Waals surface area contributed by atoms with Crippen molar-refractivity contribution in [3.63, 3.8) is 0 Å². The lowest BCUT2D eigenvalue weighted by Crippen LogP contribution is -2.30. The first-order valence-electron chi connectivity index (χ1n) is 6.37. The molecule has 1 aliphatic rings. The molecule has 0 amide bonds.